The van der Waals surface area contributed by atoms with Gasteiger partial charge in [0.2, 0.25) is 5.91 Å². The molecule has 1 aliphatic rings. The Balaban J connectivity index is 2.57. The van der Waals surface area contributed by atoms with Crippen molar-refractivity contribution in [2.24, 2.45) is 5.73 Å². The normalized spacial score (nSPS) is 20.7. The average Bonchev–Trinajstić information content (AvgIpc) is 3.00. The molecule has 128 valence electrons. The summed E-state index contributed by atoms with van der Waals surface area (Å²) in [6.45, 7) is 3.35. The summed E-state index contributed by atoms with van der Waals surface area (Å²) in [6, 6.07) is -1.09. The highest BCUT2D eigenvalue weighted by atomic mass is 16.5. The minimum absolute atomic E-state index is 0.197. The number of aliphatic hydroxyl groups is 1. The Kier molecular flexibility index (Phi) is 8.37. The van der Waals surface area contributed by atoms with E-state index in [9.17, 15) is 14.7 Å². The van der Waals surface area contributed by atoms with E-state index in [1.54, 1.807) is 7.11 Å². The number of hydrogen-bond acceptors (Lipinski definition) is 5. The van der Waals surface area contributed by atoms with Crippen molar-refractivity contribution < 1.29 is 19.4 Å². The molecule has 0 aromatic rings. The number of likely N-dealkylation sites (tertiary alicyclic amines) is 1. The molecular weight excluding hydrogens is 286 g/mol. The van der Waals surface area contributed by atoms with Crippen LogP contribution in [-0.2, 0) is 14.3 Å². The first-order valence-electron chi connectivity index (χ1n) is 8.03. The fourth-order valence-electron chi connectivity index (χ4n) is 2.65. The summed E-state index contributed by atoms with van der Waals surface area (Å²) >= 11 is 0. The van der Waals surface area contributed by atoms with Crippen LogP contribution in [0.4, 0.5) is 0 Å². The Bertz CT molecular complexity index is 365. The van der Waals surface area contributed by atoms with Crippen LogP contribution in [0, 0.1) is 0 Å². The van der Waals surface area contributed by atoms with E-state index in [2.05, 4.69) is 5.32 Å². The topological polar surface area (TPSA) is 105 Å². The smallest absolute Gasteiger partial charge is 0.253 e. The van der Waals surface area contributed by atoms with Crippen molar-refractivity contribution in [1.82, 2.24) is 10.2 Å². The van der Waals surface area contributed by atoms with Gasteiger partial charge < -0.3 is 25.8 Å². The number of carbonyl (C=O) groups excluding carboxylic acids is 2. The molecule has 1 saturated heterocycles. The van der Waals surface area contributed by atoms with Crippen molar-refractivity contribution in [3.63, 3.8) is 0 Å². The summed E-state index contributed by atoms with van der Waals surface area (Å²) in [5.74, 6) is -0.634. The van der Waals surface area contributed by atoms with Crippen LogP contribution >= 0.6 is 0 Å². The lowest BCUT2D eigenvalue weighted by molar-refractivity contribution is -0.146. The van der Waals surface area contributed by atoms with Gasteiger partial charge in [-0.1, -0.05) is 19.8 Å². The molecule has 1 unspecified atom stereocenters. The second-order valence-electron chi connectivity index (χ2n) is 5.72. The van der Waals surface area contributed by atoms with Gasteiger partial charge in [0.25, 0.3) is 5.91 Å². The fraction of sp³-hybridized carbons (Fsp3) is 0.867. The molecule has 1 heterocycles. The van der Waals surface area contributed by atoms with E-state index in [1.165, 1.54) is 4.90 Å². The number of rotatable bonds is 9. The monoisotopic (exact) mass is 315 g/mol. The number of nitrogens with zero attached hydrogens (tertiary/aromatic N) is 1. The molecule has 1 aliphatic heterocycles. The molecule has 3 atom stereocenters. The van der Waals surface area contributed by atoms with Gasteiger partial charge in [0.05, 0.1) is 6.61 Å². The van der Waals surface area contributed by atoms with E-state index < -0.39 is 24.1 Å². The second kappa shape index (κ2) is 9.76. The van der Waals surface area contributed by atoms with E-state index in [0.717, 1.165) is 19.3 Å². The van der Waals surface area contributed by atoms with E-state index in [1.807, 2.05) is 6.92 Å². The zero-order chi connectivity index (χ0) is 16.5. The number of methoxy groups -OCH3 is 1. The second-order valence-corrected chi connectivity index (χ2v) is 5.72. The van der Waals surface area contributed by atoms with E-state index in [4.69, 9.17) is 10.5 Å². The number of nitrogens with two attached hydrogens (primary N) is 1. The molecule has 7 heteroatoms. The SMILES string of the molecule is CCCC[C@@H](N)C(O)C(=O)N1CCC[C@H]1C(=O)NCCOC. The lowest BCUT2D eigenvalue weighted by Crippen LogP contribution is -2.53. The largest absolute Gasteiger partial charge is 0.383 e. The molecule has 4 N–H and O–H groups in total. The summed E-state index contributed by atoms with van der Waals surface area (Å²) in [5, 5.41) is 12.9. The predicted molar refractivity (Wildman–Crippen MR) is 83.1 cm³/mol. The van der Waals surface area contributed by atoms with Gasteiger partial charge in [-0.3, -0.25) is 9.59 Å². The summed E-state index contributed by atoms with van der Waals surface area (Å²) < 4.78 is 4.88. The van der Waals surface area contributed by atoms with Crippen LogP contribution in [0.25, 0.3) is 0 Å². The number of ether oxygens (including phenoxy) is 1. The molecule has 1 rings (SSSR count). The van der Waals surface area contributed by atoms with Crippen LogP contribution < -0.4 is 11.1 Å². The van der Waals surface area contributed by atoms with Gasteiger partial charge in [-0.2, -0.15) is 0 Å². The molecule has 7 nitrogen and oxygen atoms in total. The van der Waals surface area contributed by atoms with Crippen molar-refractivity contribution in [3.05, 3.63) is 0 Å². The van der Waals surface area contributed by atoms with Crippen molar-refractivity contribution >= 4 is 11.8 Å². The zero-order valence-electron chi connectivity index (χ0n) is 13.6. The van der Waals surface area contributed by atoms with Gasteiger partial charge in [-0.15, -0.1) is 0 Å². The van der Waals surface area contributed by atoms with Crippen molar-refractivity contribution in [1.29, 1.82) is 0 Å². The van der Waals surface area contributed by atoms with Crippen LogP contribution in [0.15, 0.2) is 0 Å². The number of carbonyl (C=O) groups is 2. The maximum atomic E-state index is 12.4. The van der Waals surface area contributed by atoms with Gasteiger partial charge in [-0.25, -0.2) is 0 Å². The van der Waals surface area contributed by atoms with Crippen LogP contribution in [0.2, 0.25) is 0 Å². The molecular formula is C15H29N3O4. The van der Waals surface area contributed by atoms with Crippen LogP contribution in [0.3, 0.4) is 0 Å². The van der Waals surface area contributed by atoms with E-state index in [-0.39, 0.29) is 5.91 Å². The molecule has 0 radical (unpaired) electrons. The maximum absolute atomic E-state index is 12.4. The first-order chi connectivity index (χ1) is 10.5. The average molecular weight is 315 g/mol. The number of unbranched alkanes of at least 4 members (excludes halogenated alkanes) is 1. The first kappa shape index (κ1) is 18.9. The molecule has 0 aromatic carbocycles. The molecule has 0 aliphatic carbocycles. The Labute approximate surface area is 132 Å². The Morgan fingerprint density at radius 1 is 1.50 bits per heavy atom. The third kappa shape index (κ3) is 5.23. The minimum atomic E-state index is -1.24. The zero-order valence-corrected chi connectivity index (χ0v) is 13.6. The molecule has 0 spiro atoms. The van der Waals surface area contributed by atoms with Crippen molar-refractivity contribution in [2.75, 3.05) is 26.8 Å². The molecule has 2 amide bonds. The van der Waals surface area contributed by atoms with E-state index in [0.29, 0.717) is 32.5 Å². The molecule has 0 bridgehead atoms. The number of aliphatic hydroxyl groups excluding tert-OH is 1. The van der Waals surface area contributed by atoms with E-state index >= 15 is 0 Å². The lowest BCUT2D eigenvalue weighted by Gasteiger charge is -2.28. The lowest BCUT2D eigenvalue weighted by atomic mass is 10.0. The standard InChI is InChI=1S/C15H29N3O4/c1-3-4-6-11(16)13(19)15(21)18-9-5-7-12(18)14(20)17-8-10-22-2/h11-13,19H,3-10,16H2,1-2H3,(H,17,20)/t11-,12+,13?/m1/s1. The number of nitrogens with one attached hydrogen (secondary N) is 1. The van der Waals surface area contributed by atoms with Crippen LogP contribution in [0.5, 0.6) is 0 Å². The fourth-order valence-corrected chi connectivity index (χ4v) is 2.65. The molecule has 0 aromatic heterocycles. The third-order valence-corrected chi connectivity index (χ3v) is 3.99. The van der Waals surface area contributed by atoms with Crippen molar-refractivity contribution in [3.8, 4) is 0 Å². The van der Waals surface area contributed by atoms with Gasteiger partial charge in [0.15, 0.2) is 0 Å². The third-order valence-electron chi connectivity index (χ3n) is 3.99. The first-order valence-corrected chi connectivity index (χ1v) is 8.03. The highest BCUT2D eigenvalue weighted by Crippen LogP contribution is 2.19. The highest BCUT2D eigenvalue weighted by molar-refractivity contribution is 5.90. The summed E-state index contributed by atoms with van der Waals surface area (Å²) in [7, 11) is 1.56. The Hall–Kier alpha value is -1.18. The van der Waals surface area contributed by atoms with Crippen LogP contribution in [-0.4, -0.2) is 66.8 Å². The van der Waals surface area contributed by atoms with Gasteiger partial charge in [-0.05, 0) is 19.3 Å². The minimum Gasteiger partial charge on any atom is -0.383 e. The highest BCUT2D eigenvalue weighted by Gasteiger charge is 2.37. The van der Waals surface area contributed by atoms with Crippen LogP contribution in [0.1, 0.15) is 39.0 Å². The Morgan fingerprint density at radius 3 is 2.86 bits per heavy atom. The van der Waals surface area contributed by atoms with Gasteiger partial charge in [0, 0.05) is 26.2 Å². The molecule has 0 saturated carbocycles. The van der Waals surface area contributed by atoms with Gasteiger partial charge >= 0.3 is 0 Å². The molecule has 22 heavy (non-hydrogen) atoms. The van der Waals surface area contributed by atoms with Crippen molar-refractivity contribution in [2.45, 2.75) is 57.2 Å². The summed E-state index contributed by atoms with van der Waals surface area (Å²) in [4.78, 5) is 26.0. The van der Waals surface area contributed by atoms with Gasteiger partial charge in [0.1, 0.15) is 12.1 Å². The predicted octanol–water partition coefficient (Wildman–Crippen LogP) is -0.382. The number of amides is 2. The maximum Gasteiger partial charge on any atom is 0.253 e. The summed E-state index contributed by atoms with van der Waals surface area (Å²) in [6.07, 6.45) is 2.56. The Morgan fingerprint density at radius 2 is 2.23 bits per heavy atom. The summed E-state index contributed by atoms with van der Waals surface area (Å²) in [5.41, 5.74) is 5.88. The quantitative estimate of drug-likeness (QED) is 0.503. The number of hydrogen-bond donors (Lipinski definition) is 3. The molecule has 1 fully saturated rings.